The minimum Gasteiger partial charge on any atom is -0.490 e. The van der Waals surface area contributed by atoms with Crippen LogP contribution in [0.4, 0.5) is 18.0 Å². The lowest BCUT2D eigenvalue weighted by Gasteiger charge is -2.36. The summed E-state index contributed by atoms with van der Waals surface area (Å²) in [5, 5.41) is 4.54. The standard InChI is InChI=1S/C33H49F3NO7P/c1-29(2,3)42-28(38)37-32(10,21-40-45(39,43-30(4,5)6)44-31(7,8)9)25-13-11-23-20-27(16-12-22(23)19-25)41-26-17-14-24(15-18-26)33(34,35)36/h11-13,16,19-20,24,26H,14-15,17-18,21H2,1-10H3,(H,37,38)/t24-,26-,32-/m0/s1. The van der Waals surface area contributed by atoms with E-state index in [2.05, 4.69) is 5.32 Å². The molecule has 0 unspecified atom stereocenters. The van der Waals surface area contributed by atoms with Gasteiger partial charge in [0.1, 0.15) is 11.4 Å². The van der Waals surface area contributed by atoms with Crippen molar-refractivity contribution in [2.75, 3.05) is 6.61 Å². The fourth-order valence-corrected chi connectivity index (χ4v) is 6.91. The molecule has 0 aliphatic heterocycles. The molecular weight excluding hydrogens is 610 g/mol. The van der Waals surface area contributed by atoms with Gasteiger partial charge in [-0.15, -0.1) is 0 Å². The summed E-state index contributed by atoms with van der Waals surface area (Å²) in [6.45, 7) is 17.1. The molecule has 2 aromatic carbocycles. The molecule has 0 spiro atoms. The van der Waals surface area contributed by atoms with E-state index in [1.54, 1.807) is 75.3 Å². The van der Waals surface area contributed by atoms with Crippen LogP contribution in [0.5, 0.6) is 5.75 Å². The number of benzene rings is 2. The summed E-state index contributed by atoms with van der Waals surface area (Å²) in [7, 11) is -4.12. The average molecular weight is 660 g/mol. The van der Waals surface area contributed by atoms with Crippen LogP contribution in [0.15, 0.2) is 36.4 Å². The minimum atomic E-state index is -4.17. The molecule has 1 aliphatic rings. The molecule has 0 radical (unpaired) electrons. The lowest BCUT2D eigenvalue weighted by molar-refractivity contribution is -0.185. The molecule has 3 rings (SSSR count). The number of ether oxygens (including phenoxy) is 2. The molecule has 1 N–H and O–H groups in total. The molecule has 1 aliphatic carbocycles. The Kier molecular flexibility index (Phi) is 11.1. The lowest BCUT2D eigenvalue weighted by atomic mass is 9.87. The van der Waals surface area contributed by atoms with Gasteiger partial charge in [-0.3, -0.25) is 13.6 Å². The van der Waals surface area contributed by atoms with E-state index in [1.165, 1.54) is 0 Å². The van der Waals surface area contributed by atoms with Gasteiger partial charge in [-0.25, -0.2) is 9.36 Å². The number of fused-ring (bicyclic) bond motifs is 1. The number of phosphoric ester groups is 1. The zero-order valence-corrected chi connectivity index (χ0v) is 29.0. The third-order valence-corrected chi connectivity index (χ3v) is 8.94. The second-order valence-corrected chi connectivity index (χ2v) is 16.5. The number of hydrogen-bond acceptors (Lipinski definition) is 7. The Bertz CT molecular complexity index is 1350. The number of rotatable bonds is 9. The van der Waals surface area contributed by atoms with Gasteiger partial charge in [0.05, 0.1) is 35.4 Å². The number of carbonyl (C=O) groups is 1. The van der Waals surface area contributed by atoms with Crippen molar-refractivity contribution in [1.29, 1.82) is 0 Å². The van der Waals surface area contributed by atoms with Gasteiger partial charge in [0, 0.05) is 0 Å². The van der Waals surface area contributed by atoms with Gasteiger partial charge in [0.25, 0.3) is 0 Å². The first kappa shape index (κ1) is 37.1. The summed E-state index contributed by atoms with van der Waals surface area (Å²) < 4.78 is 82.1. The summed E-state index contributed by atoms with van der Waals surface area (Å²) in [6.07, 6.45) is -4.33. The topological polar surface area (TPSA) is 92.3 Å². The van der Waals surface area contributed by atoms with E-state index in [9.17, 15) is 22.5 Å². The van der Waals surface area contributed by atoms with Gasteiger partial charge in [-0.05, 0) is 129 Å². The zero-order valence-electron chi connectivity index (χ0n) is 28.1. The summed E-state index contributed by atoms with van der Waals surface area (Å²) in [5.41, 5.74) is -3.07. The quantitative estimate of drug-likeness (QED) is 0.268. The van der Waals surface area contributed by atoms with Gasteiger partial charge >= 0.3 is 20.1 Å². The van der Waals surface area contributed by atoms with Crippen molar-refractivity contribution in [2.24, 2.45) is 5.92 Å². The predicted octanol–water partition coefficient (Wildman–Crippen LogP) is 9.83. The minimum absolute atomic E-state index is 0.0604. The van der Waals surface area contributed by atoms with Crippen LogP contribution in [0.25, 0.3) is 10.8 Å². The van der Waals surface area contributed by atoms with E-state index in [0.29, 0.717) is 24.2 Å². The Balaban J connectivity index is 1.88. The van der Waals surface area contributed by atoms with Gasteiger partial charge in [0.15, 0.2) is 0 Å². The molecule has 1 atom stereocenters. The number of alkyl carbamates (subject to hydrolysis) is 1. The number of amides is 1. The highest BCUT2D eigenvalue weighted by molar-refractivity contribution is 7.48. The maximum absolute atomic E-state index is 13.8. The predicted molar refractivity (Wildman–Crippen MR) is 168 cm³/mol. The number of halogens is 3. The molecular formula is C33H49F3NO7P. The summed E-state index contributed by atoms with van der Waals surface area (Å²) in [4.78, 5) is 13.0. The number of carbonyl (C=O) groups excluding carboxylic acids is 1. The van der Waals surface area contributed by atoms with Crippen molar-refractivity contribution in [2.45, 2.75) is 130 Å². The van der Waals surface area contributed by atoms with E-state index in [0.717, 1.165) is 10.8 Å². The van der Waals surface area contributed by atoms with Crippen molar-refractivity contribution < 1.29 is 45.6 Å². The highest BCUT2D eigenvalue weighted by Gasteiger charge is 2.43. The summed E-state index contributed by atoms with van der Waals surface area (Å²) >= 11 is 0. The van der Waals surface area contributed by atoms with Gasteiger partial charge in [0.2, 0.25) is 0 Å². The second kappa shape index (κ2) is 13.4. The molecule has 2 aromatic rings. The molecule has 0 bridgehead atoms. The van der Waals surface area contributed by atoms with Crippen LogP contribution < -0.4 is 10.1 Å². The van der Waals surface area contributed by atoms with Crippen LogP contribution in [-0.4, -0.2) is 41.8 Å². The highest BCUT2D eigenvalue weighted by atomic mass is 31.2. The Morgan fingerprint density at radius 3 is 1.84 bits per heavy atom. The fraction of sp³-hybridized carbons (Fsp3) is 0.667. The largest absolute Gasteiger partial charge is 0.490 e. The monoisotopic (exact) mass is 659 g/mol. The van der Waals surface area contributed by atoms with Gasteiger partial charge in [-0.1, -0.05) is 18.2 Å². The van der Waals surface area contributed by atoms with Gasteiger partial charge < -0.3 is 14.8 Å². The second-order valence-electron chi connectivity index (χ2n) is 14.9. The Morgan fingerprint density at radius 2 is 1.33 bits per heavy atom. The third-order valence-electron chi connectivity index (χ3n) is 6.95. The first-order valence-electron chi connectivity index (χ1n) is 15.3. The zero-order chi connectivity index (χ0) is 34.1. The molecule has 1 fully saturated rings. The van der Waals surface area contributed by atoms with E-state index in [-0.39, 0.29) is 25.6 Å². The fourth-order valence-electron chi connectivity index (χ4n) is 5.01. The molecule has 12 heteroatoms. The normalized spacial score (nSPS) is 20.0. The summed E-state index contributed by atoms with van der Waals surface area (Å²) in [5.74, 6) is -0.697. The molecule has 0 saturated heterocycles. The Labute approximate surface area is 265 Å². The van der Waals surface area contributed by atoms with Crippen LogP contribution in [-0.2, 0) is 28.4 Å². The van der Waals surface area contributed by atoms with Crippen molar-refractivity contribution in [3.05, 3.63) is 42.0 Å². The van der Waals surface area contributed by atoms with Crippen LogP contribution in [0, 0.1) is 5.92 Å². The molecule has 1 saturated carbocycles. The Hall–Kier alpha value is -2.33. The number of hydrogen-bond donors (Lipinski definition) is 1. The Morgan fingerprint density at radius 1 is 0.800 bits per heavy atom. The number of phosphoric acid groups is 1. The van der Waals surface area contributed by atoms with Crippen molar-refractivity contribution in [3.63, 3.8) is 0 Å². The van der Waals surface area contributed by atoms with E-state index < -0.39 is 48.4 Å². The van der Waals surface area contributed by atoms with Crippen LogP contribution in [0.3, 0.4) is 0 Å². The first-order valence-corrected chi connectivity index (χ1v) is 16.8. The molecule has 1 amide bonds. The van der Waals surface area contributed by atoms with Crippen LogP contribution >= 0.6 is 7.82 Å². The SMILES string of the molecule is CC(C)(C)OC(=O)N[C@@](C)(COP(=O)(OC(C)(C)C)OC(C)(C)C)c1ccc2cc(O[C@H]3CC[C@H](C(F)(F)F)CC3)ccc2c1. The van der Waals surface area contributed by atoms with E-state index in [1.807, 2.05) is 30.3 Å². The van der Waals surface area contributed by atoms with Gasteiger partial charge in [-0.2, -0.15) is 13.2 Å². The third kappa shape index (κ3) is 11.8. The lowest BCUT2D eigenvalue weighted by Crippen LogP contribution is -2.48. The average Bonchev–Trinajstić information content (AvgIpc) is 2.83. The molecule has 45 heavy (non-hydrogen) atoms. The molecule has 8 nitrogen and oxygen atoms in total. The van der Waals surface area contributed by atoms with E-state index in [4.69, 9.17) is 23.0 Å². The van der Waals surface area contributed by atoms with Crippen molar-refractivity contribution in [3.8, 4) is 5.75 Å². The number of nitrogens with one attached hydrogen (secondary N) is 1. The number of alkyl halides is 3. The smallest absolute Gasteiger partial charge is 0.475 e. The highest BCUT2D eigenvalue weighted by Crippen LogP contribution is 2.56. The van der Waals surface area contributed by atoms with Crippen molar-refractivity contribution in [1.82, 2.24) is 5.32 Å². The van der Waals surface area contributed by atoms with Crippen molar-refractivity contribution >= 4 is 24.7 Å². The summed E-state index contributed by atoms with van der Waals surface area (Å²) in [6, 6.07) is 11.0. The first-order chi connectivity index (χ1) is 20.3. The van der Waals surface area contributed by atoms with E-state index >= 15 is 0 Å². The molecule has 0 aromatic heterocycles. The molecule has 0 heterocycles. The van der Waals surface area contributed by atoms with Crippen LogP contribution in [0.1, 0.15) is 100 Å². The maximum Gasteiger partial charge on any atom is 0.475 e. The molecule has 254 valence electrons. The van der Waals surface area contributed by atoms with Crippen LogP contribution in [0.2, 0.25) is 0 Å². The maximum atomic E-state index is 13.8.